The first kappa shape index (κ1) is 16.9. The van der Waals surface area contributed by atoms with Crippen molar-refractivity contribution in [3.05, 3.63) is 59.9 Å². The summed E-state index contributed by atoms with van der Waals surface area (Å²) in [5.41, 5.74) is 1.95. The summed E-state index contributed by atoms with van der Waals surface area (Å²) in [4.78, 5) is 30.3. The number of rotatable bonds is 4. The van der Waals surface area contributed by atoms with E-state index in [-0.39, 0.29) is 23.1 Å². The van der Waals surface area contributed by atoms with E-state index in [4.69, 9.17) is 0 Å². The first-order chi connectivity index (χ1) is 12.7. The Morgan fingerprint density at radius 3 is 2.58 bits per heavy atom. The standard InChI is InChI=1S/C21H25N3O2/c25-19(9-8-17-7-4-12-22-17)24-13-10-21(11-14-24)18(15-23-20(21)26)16-5-2-1-3-6-16/h1-7,12,18,22H,8-11,13-15H2,(H,23,26). The average Bonchev–Trinajstić information content (AvgIpc) is 3.30. The summed E-state index contributed by atoms with van der Waals surface area (Å²) < 4.78 is 0. The molecule has 2 saturated heterocycles. The highest BCUT2D eigenvalue weighted by Gasteiger charge is 2.52. The van der Waals surface area contributed by atoms with Gasteiger partial charge in [0.25, 0.3) is 0 Å². The van der Waals surface area contributed by atoms with Crippen LogP contribution in [0.15, 0.2) is 48.7 Å². The number of likely N-dealkylation sites (tertiary alicyclic amines) is 1. The van der Waals surface area contributed by atoms with Crippen LogP contribution in [0, 0.1) is 5.41 Å². The van der Waals surface area contributed by atoms with Gasteiger partial charge < -0.3 is 15.2 Å². The van der Waals surface area contributed by atoms with Crippen LogP contribution in [0.3, 0.4) is 0 Å². The highest BCUT2D eigenvalue weighted by molar-refractivity contribution is 5.87. The largest absolute Gasteiger partial charge is 0.365 e. The van der Waals surface area contributed by atoms with Crippen LogP contribution in [-0.2, 0) is 16.0 Å². The van der Waals surface area contributed by atoms with Crippen molar-refractivity contribution in [2.45, 2.75) is 31.6 Å². The van der Waals surface area contributed by atoms with Gasteiger partial charge >= 0.3 is 0 Å². The van der Waals surface area contributed by atoms with E-state index < -0.39 is 0 Å². The minimum Gasteiger partial charge on any atom is -0.365 e. The van der Waals surface area contributed by atoms with E-state index in [0.29, 0.717) is 26.1 Å². The highest BCUT2D eigenvalue weighted by Crippen LogP contribution is 2.47. The number of hydrogen-bond donors (Lipinski definition) is 2. The highest BCUT2D eigenvalue weighted by atomic mass is 16.2. The van der Waals surface area contributed by atoms with Crippen molar-refractivity contribution < 1.29 is 9.59 Å². The first-order valence-electron chi connectivity index (χ1n) is 9.42. The zero-order chi connectivity index (χ0) is 18.0. The van der Waals surface area contributed by atoms with Crippen LogP contribution in [0.1, 0.15) is 36.4 Å². The lowest BCUT2D eigenvalue weighted by Crippen LogP contribution is -2.48. The number of carbonyl (C=O) groups excluding carboxylic acids is 2. The number of nitrogens with zero attached hydrogens (tertiary/aromatic N) is 1. The van der Waals surface area contributed by atoms with Gasteiger partial charge in [0.1, 0.15) is 0 Å². The van der Waals surface area contributed by atoms with E-state index in [0.717, 1.165) is 25.0 Å². The number of hydrogen-bond acceptors (Lipinski definition) is 2. The first-order valence-corrected chi connectivity index (χ1v) is 9.42. The van der Waals surface area contributed by atoms with E-state index in [1.165, 1.54) is 5.56 Å². The molecule has 5 nitrogen and oxygen atoms in total. The number of carbonyl (C=O) groups is 2. The monoisotopic (exact) mass is 351 g/mol. The summed E-state index contributed by atoms with van der Waals surface area (Å²) in [5.74, 6) is 0.543. The maximum Gasteiger partial charge on any atom is 0.227 e. The summed E-state index contributed by atoms with van der Waals surface area (Å²) in [7, 11) is 0. The zero-order valence-corrected chi connectivity index (χ0v) is 14.9. The molecule has 2 N–H and O–H groups in total. The Bertz CT molecular complexity index is 762. The number of aromatic nitrogens is 1. The van der Waals surface area contributed by atoms with Gasteiger partial charge in [0.05, 0.1) is 5.41 Å². The van der Waals surface area contributed by atoms with E-state index in [9.17, 15) is 9.59 Å². The molecule has 0 saturated carbocycles. The summed E-state index contributed by atoms with van der Waals surface area (Å²) >= 11 is 0. The van der Waals surface area contributed by atoms with Crippen molar-refractivity contribution in [3.8, 4) is 0 Å². The lowest BCUT2D eigenvalue weighted by atomic mass is 9.68. The summed E-state index contributed by atoms with van der Waals surface area (Å²) in [6.07, 6.45) is 4.62. The second kappa shape index (κ2) is 6.98. The number of aromatic amines is 1. The molecule has 1 unspecified atom stereocenters. The second-order valence-corrected chi connectivity index (χ2v) is 7.41. The molecule has 3 heterocycles. The third-order valence-electron chi connectivity index (χ3n) is 6.07. The Morgan fingerprint density at radius 1 is 1.12 bits per heavy atom. The summed E-state index contributed by atoms with van der Waals surface area (Å²) in [5, 5.41) is 3.07. The number of H-pyrrole nitrogens is 1. The molecular weight excluding hydrogens is 326 g/mol. The van der Waals surface area contributed by atoms with Gasteiger partial charge in [0, 0.05) is 43.9 Å². The SMILES string of the molecule is O=C(CCc1ccc[nH]1)N1CCC2(CC1)C(=O)NCC2c1ccccc1. The molecule has 0 bridgehead atoms. The minimum atomic E-state index is -0.364. The molecule has 2 aliphatic rings. The van der Waals surface area contributed by atoms with Crippen molar-refractivity contribution >= 4 is 11.8 Å². The van der Waals surface area contributed by atoms with Gasteiger partial charge in [-0.1, -0.05) is 30.3 Å². The molecule has 2 fully saturated rings. The third kappa shape index (κ3) is 3.02. The number of aryl methyl sites for hydroxylation is 1. The molecule has 0 aliphatic carbocycles. The topological polar surface area (TPSA) is 65.2 Å². The Kier molecular flexibility index (Phi) is 4.53. The molecule has 5 heteroatoms. The second-order valence-electron chi connectivity index (χ2n) is 7.41. The van der Waals surface area contributed by atoms with E-state index in [1.807, 2.05) is 41.4 Å². The minimum absolute atomic E-state index is 0.157. The Balaban J connectivity index is 1.41. The quantitative estimate of drug-likeness (QED) is 0.889. The van der Waals surface area contributed by atoms with Gasteiger partial charge in [-0.3, -0.25) is 9.59 Å². The number of nitrogens with one attached hydrogen (secondary N) is 2. The number of benzene rings is 1. The average molecular weight is 351 g/mol. The van der Waals surface area contributed by atoms with Crippen LogP contribution >= 0.6 is 0 Å². The fraction of sp³-hybridized carbons (Fsp3) is 0.429. The summed E-state index contributed by atoms with van der Waals surface area (Å²) in [6, 6.07) is 14.3. The molecule has 1 spiro atoms. The van der Waals surface area contributed by atoms with E-state index >= 15 is 0 Å². The van der Waals surface area contributed by atoms with Gasteiger partial charge in [-0.25, -0.2) is 0 Å². The van der Waals surface area contributed by atoms with Gasteiger partial charge in [-0.15, -0.1) is 0 Å². The van der Waals surface area contributed by atoms with Crippen LogP contribution in [-0.4, -0.2) is 41.3 Å². The van der Waals surface area contributed by atoms with Crippen molar-refractivity contribution in [2.24, 2.45) is 5.41 Å². The van der Waals surface area contributed by atoms with E-state index in [2.05, 4.69) is 22.4 Å². The van der Waals surface area contributed by atoms with Gasteiger partial charge in [-0.2, -0.15) is 0 Å². The molecule has 136 valence electrons. The molecule has 4 rings (SSSR count). The van der Waals surface area contributed by atoms with Crippen LogP contribution in [0.5, 0.6) is 0 Å². The maximum atomic E-state index is 12.7. The fourth-order valence-electron chi connectivity index (χ4n) is 4.50. The molecule has 26 heavy (non-hydrogen) atoms. The van der Waals surface area contributed by atoms with Crippen molar-refractivity contribution in [1.29, 1.82) is 0 Å². The Hall–Kier alpha value is -2.56. The van der Waals surface area contributed by atoms with Crippen molar-refractivity contribution in [1.82, 2.24) is 15.2 Å². The zero-order valence-electron chi connectivity index (χ0n) is 14.9. The van der Waals surface area contributed by atoms with Crippen molar-refractivity contribution in [2.75, 3.05) is 19.6 Å². The Morgan fingerprint density at radius 2 is 1.88 bits per heavy atom. The molecule has 2 aromatic rings. The predicted octanol–water partition coefficient (Wildman–Crippen LogP) is 2.47. The van der Waals surface area contributed by atoms with Gasteiger partial charge in [0.2, 0.25) is 11.8 Å². The van der Waals surface area contributed by atoms with Crippen LogP contribution in [0.4, 0.5) is 0 Å². The fourth-order valence-corrected chi connectivity index (χ4v) is 4.50. The molecular formula is C21H25N3O2. The maximum absolute atomic E-state index is 12.7. The molecule has 2 amide bonds. The summed E-state index contributed by atoms with van der Waals surface area (Å²) in [6.45, 7) is 2.03. The molecule has 1 aromatic heterocycles. The molecule has 1 atom stereocenters. The van der Waals surface area contributed by atoms with Gasteiger partial charge in [0.15, 0.2) is 0 Å². The van der Waals surface area contributed by atoms with Crippen molar-refractivity contribution in [3.63, 3.8) is 0 Å². The van der Waals surface area contributed by atoms with Crippen LogP contribution < -0.4 is 5.32 Å². The van der Waals surface area contributed by atoms with Gasteiger partial charge in [-0.05, 0) is 37.0 Å². The molecule has 0 radical (unpaired) electrons. The smallest absolute Gasteiger partial charge is 0.227 e. The Labute approximate surface area is 153 Å². The molecule has 2 aliphatic heterocycles. The number of amides is 2. The third-order valence-corrected chi connectivity index (χ3v) is 6.07. The van der Waals surface area contributed by atoms with Crippen LogP contribution in [0.25, 0.3) is 0 Å². The lowest BCUT2D eigenvalue weighted by molar-refractivity contribution is -0.138. The lowest BCUT2D eigenvalue weighted by Gasteiger charge is -2.41. The normalized spacial score (nSPS) is 21.8. The van der Waals surface area contributed by atoms with Crippen LogP contribution in [0.2, 0.25) is 0 Å². The molecule has 1 aromatic carbocycles. The predicted molar refractivity (Wildman–Crippen MR) is 99.6 cm³/mol. The van der Waals surface area contributed by atoms with E-state index in [1.54, 1.807) is 0 Å². The number of piperidine rings is 1.